The fourth-order valence-corrected chi connectivity index (χ4v) is 3.45. The zero-order valence-electron chi connectivity index (χ0n) is 15.0. The van der Waals surface area contributed by atoms with E-state index in [0.29, 0.717) is 19.1 Å². The number of rotatable bonds is 6. The lowest BCUT2D eigenvalue weighted by atomic mass is 9.93. The predicted octanol–water partition coefficient (Wildman–Crippen LogP) is 4.62. The van der Waals surface area contributed by atoms with Gasteiger partial charge in [0.2, 0.25) is 0 Å². The average Bonchev–Trinajstić information content (AvgIpc) is 2.66. The molecule has 2 aromatic rings. The zero-order valence-corrected chi connectivity index (χ0v) is 15.0. The lowest BCUT2D eigenvalue weighted by Crippen LogP contribution is -2.45. The first-order valence-electron chi connectivity index (χ1n) is 8.91. The van der Waals surface area contributed by atoms with Gasteiger partial charge in [0.15, 0.2) is 0 Å². The van der Waals surface area contributed by atoms with Gasteiger partial charge in [0.05, 0.1) is 26.4 Å². The van der Waals surface area contributed by atoms with Crippen molar-refractivity contribution >= 4 is 5.69 Å². The molecule has 0 bridgehead atoms. The molecule has 0 spiro atoms. The van der Waals surface area contributed by atoms with E-state index in [-0.39, 0.29) is 11.9 Å². The van der Waals surface area contributed by atoms with E-state index in [2.05, 4.69) is 24.0 Å². The quantitative estimate of drug-likeness (QED) is 0.764. The molecule has 0 saturated carbocycles. The van der Waals surface area contributed by atoms with E-state index >= 15 is 0 Å². The molecule has 1 aliphatic rings. The average molecular weight is 343 g/mol. The molecule has 1 aliphatic heterocycles. The van der Waals surface area contributed by atoms with Gasteiger partial charge in [-0.1, -0.05) is 25.1 Å². The Hall–Kier alpha value is -2.07. The first-order valence-corrected chi connectivity index (χ1v) is 8.91. The third-order valence-corrected chi connectivity index (χ3v) is 4.96. The third-order valence-electron chi connectivity index (χ3n) is 4.96. The number of hydrogen-bond donors (Lipinski definition) is 0. The lowest BCUT2D eigenvalue weighted by molar-refractivity contribution is 0.0904. The Morgan fingerprint density at radius 2 is 2.08 bits per heavy atom. The second-order valence-electron chi connectivity index (χ2n) is 6.66. The number of anilines is 1. The van der Waals surface area contributed by atoms with Gasteiger partial charge >= 0.3 is 0 Å². The Labute approximate surface area is 149 Å². The summed E-state index contributed by atoms with van der Waals surface area (Å²) in [5.74, 6) is 1.14. The topological polar surface area (TPSA) is 21.7 Å². The number of ether oxygens (including phenoxy) is 2. The molecule has 1 fully saturated rings. The van der Waals surface area contributed by atoms with Crippen LogP contribution in [0.4, 0.5) is 10.1 Å². The highest BCUT2D eigenvalue weighted by Gasteiger charge is 2.24. The van der Waals surface area contributed by atoms with Crippen molar-refractivity contribution in [1.29, 1.82) is 0 Å². The largest absolute Gasteiger partial charge is 0.497 e. The second-order valence-corrected chi connectivity index (χ2v) is 6.66. The fourth-order valence-electron chi connectivity index (χ4n) is 3.45. The van der Waals surface area contributed by atoms with Crippen LogP contribution in [-0.2, 0) is 4.74 Å². The standard InChI is InChI=1S/C21H26FNO2/c1-16(17-5-3-8-21(13-17)24-2)9-10-20-15-25-12-11-23(20)19-7-4-6-18(22)14-19/h3-8,13-14,16,20H,9-12,15H2,1-2H3/t16-,20?/m0/s1. The van der Waals surface area contributed by atoms with Crippen molar-refractivity contribution in [1.82, 2.24) is 0 Å². The van der Waals surface area contributed by atoms with Crippen LogP contribution in [0.2, 0.25) is 0 Å². The molecule has 1 saturated heterocycles. The van der Waals surface area contributed by atoms with Crippen LogP contribution < -0.4 is 9.64 Å². The highest BCUT2D eigenvalue weighted by molar-refractivity contribution is 5.48. The van der Waals surface area contributed by atoms with Crippen LogP contribution in [-0.4, -0.2) is 32.9 Å². The maximum absolute atomic E-state index is 13.6. The summed E-state index contributed by atoms with van der Waals surface area (Å²) in [6, 6.07) is 15.4. The molecule has 0 aromatic heterocycles. The Bertz CT molecular complexity index is 691. The van der Waals surface area contributed by atoms with Crippen LogP contribution in [0.5, 0.6) is 5.75 Å². The minimum atomic E-state index is -0.188. The van der Waals surface area contributed by atoms with Crippen LogP contribution in [0.3, 0.4) is 0 Å². The Kier molecular flexibility index (Phi) is 5.92. The number of halogens is 1. The van der Waals surface area contributed by atoms with Gasteiger partial charge in [0.25, 0.3) is 0 Å². The molecule has 25 heavy (non-hydrogen) atoms. The summed E-state index contributed by atoms with van der Waals surface area (Å²) < 4.78 is 24.6. The Balaban J connectivity index is 1.65. The van der Waals surface area contributed by atoms with Crippen molar-refractivity contribution in [3.63, 3.8) is 0 Å². The van der Waals surface area contributed by atoms with E-state index in [1.54, 1.807) is 19.2 Å². The van der Waals surface area contributed by atoms with Gasteiger partial charge in [-0.2, -0.15) is 0 Å². The maximum Gasteiger partial charge on any atom is 0.125 e. The van der Waals surface area contributed by atoms with Crippen molar-refractivity contribution in [3.8, 4) is 5.75 Å². The smallest absolute Gasteiger partial charge is 0.125 e. The van der Waals surface area contributed by atoms with Gasteiger partial charge in [0.1, 0.15) is 11.6 Å². The second kappa shape index (κ2) is 8.34. The number of benzene rings is 2. The van der Waals surface area contributed by atoms with Gasteiger partial charge in [-0.3, -0.25) is 0 Å². The number of nitrogens with zero attached hydrogens (tertiary/aromatic N) is 1. The van der Waals surface area contributed by atoms with Crippen LogP contribution in [0.1, 0.15) is 31.2 Å². The summed E-state index contributed by atoms with van der Waals surface area (Å²) in [7, 11) is 1.69. The minimum Gasteiger partial charge on any atom is -0.497 e. The van der Waals surface area contributed by atoms with Gasteiger partial charge in [-0.15, -0.1) is 0 Å². The Morgan fingerprint density at radius 1 is 1.24 bits per heavy atom. The van der Waals surface area contributed by atoms with Gasteiger partial charge in [-0.25, -0.2) is 4.39 Å². The monoisotopic (exact) mass is 343 g/mol. The molecular formula is C21H26FNO2. The van der Waals surface area contributed by atoms with E-state index in [9.17, 15) is 4.39 Å². The summed E-state index contributed by atoms with van der Waals surface area (Å²) in [4.78, 5) is 2.28. The first kappa shape index (κ1) is 17.7. The Morgan fingerprint density at radius 3 is 2.88 bits per heavy atom. The first-order chi connectivity index (χ1) is 12.2. The van der Waals surface area contributed by atoms with Crippen molar-refractivity contribution in [2.45, 2.75) is 31.7 Å². The normalized spacial score (nSPS) is 18.8. The van der Waals surface area contributed by atoms with Crippen LogP contribution >= 0.6 is 0 Å². The molecule has 2 aromatic carbocycles. The third kappa shape index (κ3) is 4.51. The summed E-state index contributed by atoms with van der Waals surface area (Å²) in [6.07, 6.45) is 2.06. The SMILES string of the molecule is COc1cccc([C@@H](C)CCC2COCCN2c2cccc(F)c2)c1. The molecule has 3 rings (SSSR count). The summed E-state index contributed by atoms with van der Waals surface area (Å²) in [5.41, 5.74) is 2.23. The molecule has 4 heteroatoms. The van der Waals surface area contributed by atoms with Crippen molar-refractivity contribution in [2.24, 2.45) is 0 Å². The molecule has 0 aliphatic carbocycles. The van der Waals surface area contributed by atoms with Crippen molar-refractivity contribution < 1.29 is 13.9 Å². The fraction of sp³-hybridized carbons (Fsp3) is 0.429. The van der Waals surface area contributed by atoms with E-state index in [0.717, 1.165) is 30.8 Å². The molecule has 0 amide bonds. The van der Waals surface area contributed by atoms with Gasteiger partial charge in [-0.05, 0) is 54.7 Å². The number of hydrogen-bond acceptors (Lipinski definition) is 3. The highest BCUT2D eigenvalue weighted by atomic mass is 19.1. The summed E-state index contributed by atoms with van der Waals surface area (Å²) in [6.45, 7) is 4.44. The number of methoxy groups -OCH3 is 1. The zero-order chi connectivity index (χ0) is 17.6. The number of morpholine rings is 1. The molecule has 0 radical (unpaired) electrons. The molecule has 0 N–H and O–H groups in total. The van der Waals surface area contributed by atoms with Gasteiger partial charge in [0, 0.05) is 12.2 Å². The summed E-state index contributed by atoms with van der Waals surface area (Å²) >= 11 is 0. The molecule has 3 nitrogen and oxygen atoms in total. The van der Waals surface area contributed by atoms with Crippen LogP contribution in [0, 0.1) is 5.82 Å². The summed E-state index contributed by atoms with van der Waals surface area (Å²) in [5, 5.41) is 0. The maximum atomic E-state index is 13.6. The molecule has 1 unspecified atom stereocenters. The molecule has 1 heterocycles. The molecule has 134 valence electrons. The van der Waals surface area contributed by atoms with E-state index < -0.39 is 0 Å². The van der Waals surface area contributed by atoms with Crippen LogP contribution in [0.15, 0.2) is 48.5 Å². The molecular weight excluding hydrogens is 317 g/mol. The van der Waals surface area contributed by atoms with Crippen LogP contribution in [0.25, 0.3) is 0 Å². The lowest BCUT2D eigenvalue weighted by Gasteiger charge is -2.38. The van der Waals surface area contributed by atoms with E-state index in [1.165, 1.54) is 11.6 Å². The minimum absolute atomic E-state index is 0.188. The van der Waals surface area contributed by atoms with E-state index in [4.69, 9.17) is 9.47 Å². The van der Waals surface area contributed by atoms with Crippen molar-refractivity contribution in [3.05, 3.63) is 59.9 Å². The van der Waals surface area contributed by atoms with Gasteiger partial charge < -0.3 is 14.4 Å². The van der Waals surface area contributed by atoms with E-state index in [1.807, 2.05) is 18.2 Å². The highest BCUT2D eigenvalue weighted by Crippen LogP contribution is 2.28. The molecule has 2 atom stereocenters. The van der Waals surface area contributed by atoms with Crippen molar-refractivity contribution in [2.75, 3.05) is 31.8 Å². The predicted molar refractivity (Wildman–Crippen MR) is 99.0 cm³/mol.